The van der Waals surface area contributed by atoms with E-state index in [0.717, 1.165) is 22.2 Å². The van der Waals surface area contributed by atoms with E-state index in [0.29, 0.717) is 11.4 Å². The van der Waals surface area contributed by atoms with Crippen molar-refractivity contribution in [2.75, 3.05) is 16.8 Å². The summed E-state index contributed by atoms with van der Waals surface area (Å²) in [4.78, 5) is 4.37. The summed E-state index contributed by atoms with van der Waals surface area (Å²) >= 11 is 6.32. The Kier molecular flexibility index (Phi) is 3.34. The molecule has 20 heavy (non-hydrogen) atoms. The van der Waals surface area contributed by atoms with Gasteiger partial charge in [0.1, 0.15) is 0 Å². The number of benzene rings is 1. The molecule has 1 aromatic carbocycles. The molecule has 2 aromatic rings. The number of hydrogen-bond donors (Lipinski definition) is 1. The summed E-state index contributed by atoms with van der Waals surface area (Å²) in [6.07, 6.45) is 2.36. The lowest BCUT2D eigenvalue weighted by Gasteiger charge is -2.17. The van der Waals surface area contributed by atoms with Crippen LogP contribution in [0.3, 0.4) is 0 Å². The van der Waals surface area contributed by atoms with E-state index in [9.17, 15) is 8.42 Å². The lowest BCUT2D eigenvalue weighted by molar-refractivity contribution is 0.602. The van der Waals surface area contributed by atoms with Gasteiger partial charge < -0.3 is 5.32 Å². The molecule has 1 N–H and O–H groups in total. The molecule has 0 saturated carbocycles. The molecule has 1 aliphatic rings. The maximum absolute atomic E-state index is 11.5. The number of sulfone groups is 1. The van der Waals surface area contributed by atoms with E-state index >= 15 is 0 Å². The average molecular weight is 311 g/mol. The standard InChI is InChI=1S/C14H15ClN2O2S/c1-9-7-12(15)14(11-3-2-5-16-13(9)11)17-10-4-6-20(18,19)8-10/h2-3,5,7,10,17H,4,6,8H2,1H3. The van der Waals surface area contributed by atoms with Crippen LogP contribution in [0.15, 0.2) is 24.4 Å². The quantitative estimate of drug-likeness (QED) is 0.926. The smallest absolute Gasteiger partial charge is 0.152 e. The third-order valence-electron chi connectivity index (χ3n) is 3.61. The van der Waals surface area contributed by atoms with E-state index in [1.54, 1.807) is 6.20 Å². The van der Waals surface area contributed by atoms with E-state index in [2.05, 4.69) is 10.3 Å². The highest BCUT2D eigenvalue weighted by Crippen LogP contribution is 2.34. The molecule has 4 nitrogen and oxygen atoms in total. The van der Waals surface area contributed by atoms with Gasteiger partial charge in [0, 0.05) is 17.6 Å². The van der Waals surface area contributed by atoms with Crippen LogP contribution >= 0.6 is 11.6 Å². The SMILES string of the molecule is Cc1cc(Cl)c(NC2CCS(=O)(=O)C2)c2cccnc12. The minimum atomic E-state index is -2.91. The Morgan fingerprint density at radius 3 is 2.95 bits per heavy atom. The molecule has 1 aromatic heterocycles. The summed E-state index contributed by atoms with van der Waals surface area (Å²) in [6, 6.07) is 5.59. The molecule has 1 aliphatic heterocycles. The van der Waals surface area contributed by atoms with Crippen LogP contribution in [0.4, 0.5) is 5.69 Å². The Morgan fingerprint density at radius 1 is 1.45 bits per heavy atom. The molecular weight excluding hydrogens is 296 g/mol. The molecule has 0 spiro atoms. The second-order valence-electron chi connectivity index (χ2n) is 5.19. The zero-order valence-corrected chi connectivity index (χ0v) is 12.6. The molecule has 2 heterocycles. The summed E-state index contributed by atoms with van der Waals surface area (Å²) in [5.41, 5.74) is 2.68. The fourth-order valence-corrected chi connectivity index (χ4v) is 4.63. The summed E-state index contributed by atoms with van der Waals surface area (Å²) in [5, 5.41) is 4.82. The molecule has 3 rings (SSSR count). The van der Waals surface area contributed by atoms with Crippen LogP contribution in [0.2, 0.25) is 5.02 Å². The van der Waals surface area contributed by atoms with Gasteiger partial charge in [-0.1, -0.05) is 11.6 Å². The third-order valence-corrected chi connectivity index (χ3v) is 5.68. The molecule has 0 radical (unpaired) electrons. The number of rotatable bonds is 2. The molecule has 0 amide bonds. The third kappa shape index (κ3) is 2.47. The van der Waals surface area contributed by atoms with Gasteiger partial charge in [0.15, 0.2) is 9.84 Å². The lowest BCUT2D eigenvalue weighted by atomic mass is 10.1. The van der Waals surface area contributed by atoms with Crippen LogP contribution in [0.5, 0.6) is 0 Å². The van der Waals surface area contributed by atoms with E-state index in [1.165, 1.54) is 0 Å². The normalized spacial score (nSPS) is 21.2. The van der Waals surface area contributed by atoms with Crippen molar-refractivity contribution in [3.05, 3.63) is 35.0 Å². The molecule has 6 heteroatoms. The van der Waals surface area contributed by atoms with Crippen LogP contribution in [-0.4, -0.2) is 30.9 Å². The number of halogens is 1. The summed E-state index contributed by atoms with van der Waals surface area (Å²) in [5.74, 6) is 0.406. The first kappa shape index (κ1) is 13.6. The van der Waals surface area contributed by atoms with Crippen molar-refractivity contribution in [3.8, 4) is 0 Å². The number of aryl methyl sites for hydroxylation is 1. The summed E-state index contributed by atoms with van der Waals surface area (Å²) in [7, 11) is -2.91. The first-order chi connectivity index (χ1) is 9.46. The Hall–Kier alpha value is -1.33. The molecule has 1 fully saturated rings. The molecule has 1 unspecified atom stereocenters. The topological polar surface area (TPSA) is 59.1 Å². The number of anilines is 1. The predicted octanol–water partition coefficient (Wildman–Crippen LogP) is 2.80. The Balaban J connectivity index is 2.03. The van der Waals surface area contributed by atoms with Crippen LogP contribution in [0.25, 0.3) is 10.9 Å². The second kappa shape index (κ2) is 4.90. The first-order valence-electron chi connectivity index (χ1n) is 6.47. The fraction of sp³-hybridized carbons (Fsp3) is 0.357. The van der Waals surface area contributed by atoms with E-state index in [-0.39, 0.29) is 17.5 Å². The molecule has 1 saturated heterocycles. The van der Waals surface area contributed by atoms with Crippen LogP contribution < -0.4 is 5.32 Å². The van der Waals surface area contributed by atoms with Gasteiger partial charge in [-0.05, 0) is 37.1 Å². The number of nitrogens with zero attached hydrogens (tertiary/aromatic N) is 1. The van der Waals surface area contributed by atoms with Crippen molar-refractivity contribution in [2.45, 2.75) is 19.4 Å². The largest absolute Gasteiger partial charge is 0.380 e. The highest BCUT2D eigenvalue weighted by atomic mass is 35.5. The fourth-order valence-electron chi connectivity index (χ4n) is 2.64. The highest BCUT2D eigenvalue weighted by molar-refractivity contribution is 7.91. The maximum atomic E-state index is 11.5. The van der Waals surface area contributed by atoms with Gasteiger partial charge in [0.25, 0.3) is 0 Å². The second-order valence-corrected chi connectivity index (χ2v) is 7.83. The Morgan fingerprint density at radius 2 is 2.25 bits per heavy atom. The minimum Gasteiger partial charge on any atom is -0.380 e. The zero-order chi connectivity index (χ0) is 14.3. The van der Waals surface area contributed by atoms with Crippen LogP contribution in [0.1, 0.15) is 12.0 Å². The van der Waals surface area contributed by atoms with Crippen molar-refractivity contribution in [1.82, 2.24) is 4.98 Å². The molecular formula is C14H15ClN2O2S. The lowest BCUT2D eigenvalue weighted by Crippen LogP contribution is -2.21. The minimum absolute atomic E-state index is 0.0800. The Bertz CT molecular complexity index is 774. The predicted molar refractivity (Wildman–Crippen MR) is 82.2 cm³/mol. The molecule has 0 aliphatic carbocycles. The zero-order valence-electron chi connectivity index (χ0n) is 11.1. The number of hydrogen-bond acceptors (Lipinski definition) is 4. The van der Waals surface area contributed by atoms with E-state index in [1.807, 2.05) is 25.1 Å². The number of aromatic nitrogens is 1. The van der Waals surface area contributed by atoms with Crippen molar-refractivity contribution in [3.63, 3.8) is 0 Å². The first-order valence-corrected chi connectivity index (χ1v) is 8.67. The van der Waals surface area contributed by atoms with Gasteiger partial charge in [0.05, 0.1) is 27.7 Å². The van der Waals surface area contributed by atoms with Crippen LogP contribution in [0, 0.1) is 6.92 Å². The van der Waals surface area contributed by atoms with E-state index < -0.39 is 9.84 Å². The number of fused-ring (bicyclic) bond motifs is 1. The number of pyridine rings is 1. The highest BCUT2D eigenvalue weighted by Gasteiger charge is 2.28. The Labute approximate surface area is 123 Å². The van der Waals surface area contributed by atoms with Gasteiger partial charge in [-0.15, -0.1) is 0 Å². The van der Waals surface area contributed by atoms with Gasteiger partial charge in [-0.3, -0.25) is 4.98 Å². The monoisotopic (exact) mass is 310 g/mol. The molecule has 0 bridgehead atoms. The average Bonchev–Trinajstić information content (AvgIpc) is 2.74. The van der Waals surface area contributed by atoms with Gasteiger partial charge in [-0.2, -0.15) is 0 Å². The van der Waals surface area contributed by atoms with Crippen LogP contribution in [-0.2, 0) is 9.84 Å². The molecule has 106 valence electrons. The van der Waals surface area contributed by atoms with Gasteiger partial charge in [-0.25, -0.2) is 8.42 Å². The summed E-state index contributed by atoms with van der Waals surface area (Å²) in [6.45, 7) is 1.96. The number of nitrogens with one attached hydrogen (secondary N) is 1. The van der Waals surface area contributed by atoms with Crippen molar-refractivity contribution < 1.29 is 8.42 Å². The van der Waals surface area contributed by atoms with Gasteiger partial charge >= 0.3 is 0 Å². The van der Waals surface area contributed by atoms with Gasteiger partial charge in [0.2, 0.25) is 0 Å². The molecule has 1 atom stereocenters. The maximum Gasteiger partial charge on any atom is 0.152 e. The van der Waals surface area contributed by atoms with Crippen molar-refractivity contribution in [2.24, 2.45) is 0 Å². The summed E-state index contributed by atoms with van der Waals surface area (Å²) < 4.78 is 23.1. The van der Waals surface area contributed by atoms with E-state index in [4.69, 9.17) is 11.6 Å². The van der Waals surface area contributed by atoms with Crippen molar-refractivity contribution in [1.29, 1.82) is 0 Å². The van der Waals surface area contributed by atoms with Crippen molar-refractivity contribution >= 4 is 38.0 Å².